The zero-order chi connectivity index (χ0) is 12.1. The molecule has 1 rings (SSSR count). The first kappa shape index (κ1) is 13.3. The third kappa shape index (κ3) is 3.11. The fourth-order valence-electron chi connectivity index (χ4n) is 1.35. The number of amides is 3. The lowest BCUT2D eigenvalue weighted by Crippen LogP contribution is -2.35. The van der Waals surface area contributed by atoms with Gasteiger partial charge < -0.3 is 5.32 Å². The number of nitrogens with one attached hydrogen (secondary N) is 1. The van der Waals surface area contributed by atoms with E-state index < -0.39 is 17.1 Å². The van der Waals surface area contributed by atoms with Crippen LogP contribution in [-0.2, 0) is 14.4 Å². The highest BCUT2D eigenvalue weighted by atomic mass is 32.2. The number of thiol groups is 1. The molecule has 90 valence electrons. The molecule has 0 saturated carbocycles. The van der Waals surface area contributed by atoms with Crippen LogP contribution in [0.2, 0.25) is 0 Å². The minimum Gasteiger partial charge on any atom is -0.347 e. The Morgan fingerprint density at radius 3 is 2.81 bits per heavy atom. The first-order chi connectivity index (χ1) is 7.60. The maximum Gasteiger partial charge on any atom is 0.245 e. The third-order valence-electron chi connectivity index (χ3n) is 2.15. The highest BCUT2D eigenvalue weighted by Crippen LogP contribution is 2.25. The molecule has 8 heteroatoms. The fourth-order valence-corrected chi connectivity index (χ4v) is 1.93. The molecule has 1 heterocycles. The Morgan fingerprint density at radius 1 is 1.62 bits per heavy atom. The molecule has 0 spiro atoms. The standard InChI is InChI=1S/C8H11FN2O3S2/c9-16-5-3-7(13)11(8(5)14)2-1-6(12)10-4-15/h5,15H,1-4H2,(H,10,12). The predicted octanol–water partition coefficient (Wildman–Crippen LogP) is 0.125. The Bertz CT molecular complexity index is 314. The summed E-state index contributed by atoms with van der Waals surface area (Å²) in [7, 11) is 0. The summed E-state index contributed by atoms with van der Waals surface area (Å²) in [6.07, 6.45) is -0.115. The highest BCUT2D eigenvalue weighted by molar-refractivity contribution is 7.95. The quantitative estimate of drug-likeness (QED) is 0.421. The molecule has 1 aliphatic heterocycles. The molecule has 1 saturated heterocycles. The monoisotopic (exact) mass is 266 g/mol. The van der Waals surface area contributed by atoms with Crippen LogP contribution >= 0.6 is 24.8 Å². The zero-order valence-electron chi connectivity index (χ0n) is 8.31. The van der Waals surface area contributed by atoms with Crippen LogP contribution in [0.1, 0.15) is 12.8 Å². The summed E-state index contributed by atoms with van der Waals surface area (Å²) in [5.74, 6) is -1.09. The van der Waals surface area contributed by atoms with Gasteiger partial charge in [-0.2, -0.15) is 16.5 Å². The zero-order valence-corrected chi connectivity index (χ0v) is 10.0. The Balaban J connectivity index is 2.45. The van der Waals surface area contributed by atoms with Gasteiger partial charge in [-0.15, -0.1) is 0 Å². The van der Waals surface area contributed by atoms with E-state index in [1.54, 1.807) is 0 Å². The van der Waals surface area contributed by atoms with Gasteiger partial charge in [0.15, 0.2) is 0 Å². The SMILES string of the molecule is O=C(CCN1C(=O)CC(SF)C1=O)NCS. The second kappa shape index (κ2) is 6.09. The van der Waals surface area contributed by atoms with Gasteiger partial charge in [-0.05, 0) is 0 Å². The molecule has 1 N–H and O–H groups in total. The molecule has 0 bridgehead atoms. The van der Waals surface area contributed by atoms with E-state index in [-0.39, 0.29) is 43.3 Å². The summed E-state index contributed by atoms with van der Waals surface area (Å²) < 4.78 is 12.2. The second-order valence-corrected chi connectivity index (χ2v) is 4.24. The number of likely N-dealkylation sites (tertiary alicyclic amines) is 1. The Labute approximate surface area is 102 Å². The highest BCUT2D eigenvalue weighted by Gasteiger charge is 2.39. The number of imide groups is 1. The van der Waals surface area contributed by atoms with E-state index in [0.29, 0.717) is 0 Å². The van der Waals surface area contributed by atoms with Gasteiger partial charge in [0.05, 0.1) is 24.4 Å². The van der Waals surface area contributed by atoms with Crippen molar-refractivity contribution in [2.75, 3.05) is 12.4 Å². The fraction of sp³-hybridized carbons (Fsp3) is 0.625. The van der Waals surface area contributed by atoms with E-state index in [2.05, 4.69) is 17.9 Å². The molecule has 3 amide bonds. The van der Waals surface area contributed by atoms with E-state index >= 15 is 0 Å². The molecular formula is C8H11FN2O3S2. The number of halogens is 1. The van der Waals surface area contributed by atoms with Gasteiger partial charge in [0.25, 0.3) is 0 Å². The molecule has 0 aliphatic carbocycles. The van der Waals surface area contributed by atoms with Crippen LogP contribution in [0.5, 0.6) is 0 Å². The summed E-state index contributed by atoms with van der Waals surface area (Å²) in [6.45, 7) is -0.00562. The van der Waals surface area contributed by atoms with Gasteiger partial charge in [-0.25, -0.2) is 0 Å². The topological polar surface area (TPSA) is 66.5 Å². The minimum atomic E-state index is -0.944. The van der Waals surface area contributed by atoms with Gasteiger partial charge >= 0.3 is 0 Å². The van der Waals surface area contributed by atoms with Gasteiger partial charge in [-0.3, -0.25) is 19.3 Å². The van der Waals surface area contributed by atoms with Crippen molar-refractivity contribution in [3.05, 3.63) is 0 Å². The minimum absolute atomic E-state index is 0.00562. The molecule has 1 atom stereocenters. The van der Waals surface area contributed by atoms with E-state index in [1.807, 2.05) is 0 Å². The second-order valence-electron chi connectivity index (χ2n) is 3.17. The number of carbonyl (C=O) groups excluding carboxylic acids is 3. The van der Waals surface area contributed by atoms with Crippen LogP contribution < -0.4 is 5.32 Å². The summed E-state index contributed by atoms with van der Waals surface area (Å²) in [6, 6.07) is 0. The lowest BCUT2D eigenvalue weighted by molar-refractivity contribution is -0.138. The molecule has 0 radical (unpaired) electrons. The van der Waals surface area contributed by atoms with Crippen molar-refractivity contribution in [1.82, 2.24) is 10.2 Å². The van der Waals surface area contributed by atoms with Gasteiger partial charge in [0.1, 0.15) is 5.25 Å². The van der Waals surface area contributed by atoms with Crippen molar-refractivity contribution in [2.45, 2.75) is 18.1 Å². The van der Waals surface area contributed by atoms with Crippen molar-refractivity contribution >= 4 is 42.5 Å². The normalized spacial score (nSPS) is 20.4. The average Bonchev–Trinajstić information content (AvgIpc) is 2.52. The van der Waals surface area contributed by atoms with Crippen molar-refractivity contribution in [3.63, 3.8) is 0 Å². The lowest BCUT2D eigenvalue weighted by atomic mass is 10.3. The summed E-state index contributed by atoms with van der Waals surface area (Å²) in [4.78, 5) is 34.7. The van der Waals surface area contributed by atoms with Crippen molar-refractivity contribution in [2.24, 2.45) is 0 Å². The van der Waals surface area contributed by atoms with Crippen molar-refractivity contribution in [3.8, 4) is 0 Å². The van der Waals surface area contributed by atoms with E-state index in [1.165, 1.54) is 0 Å². The molecule has 1 aliphatic rings. The molecule has 0 aromatic heterocycles. The summed E-state index contributed by atoms with van der Waals surface area (Å²) >= 11 is 3.66. The van der Waals surface area contributed by atoms with Crippen molar-refractivity contribution in [1.29, 1.82) is 0 Å². The van der Waals surface area contributed by atoms with Crippen LogP contribution in [0.25, 0.3) is 0 Å². The van der Waals surface area contributed by atoms with E-state index in [0.717, 1.165) is 4.90 Å². The van der Waals surface area contributed by atoms with Crippen LogP contribution in [-0.4, -0.2) is 40.3 Å². The molecule has 1 unspecified atom stereocenters. The maximum absolute atomic E-state index is 12.2. The number of carbonyl (C=O) groups is 3. The molecular weight excluding hydrogens is 255 g/mol. The van der Waals surface area contributed by atoms with Crippen molar-refractivity contribution < 1.29 is 18.3 Å². The Kier molecular flexibility index (Phi) is 5.07. The predicted molar refractivity (Wildman–Crippen MR) is 60.4 cm³/mol. The van der Waals surface area contributed by atoms with Gasteiger partial charge in [-0.1, -0.05) is 0 Å². The first-order valence-corrected chi connectivity index (χ1v) is 6.00. The van der Waals surface area contributed by atoms with Gasteiger partial charge in [0, 0.05) is 13.0 Å². The van der Waals surface area contributed by atoms with Crippen LogP contribution in [0.15, 0.2) is 0 Å². The smallest absolute Gasteiger partial charge is 0.245 e. The van der Waals surface area contributed by atoms with Crippen LogP contribution in [0, 0.1) is 0 Å². The molecule has 1 fully saturated rings. The van der Waals surface area contributed by atoms with E-state index in [9.17, 15) is 18.3 Å². The molecule has 5 nitrogen and oxygen atoms in total. The molecule has 0 aromatic rings. The van der Waals surface area contributed by atoms with Crippen LogP contribution in [0.3, 0.4) is 0 Å². The summed E-state index contributed by atoms with van der Waals surface area (Å²) in [5.41, 5.74) is 0. The lowest BCUT2D eigenvalue weighted by Gasteiger charge is -2.13. The number of hydrogen-bond acceptors (Lipinski definition) is 5. The first-order valence-electron chi connectivity index (χ1n) is 4.59. The van der Waals surface area contributed by atoms with Gasteiger partial charge in [0.2, 0.25) is 17.7 Å². The number of hydrogen-bond donors (Lipinski definition) is 2. The van der Waals surface area contributed by atoms with E-state index in [4.69, 9.17) is 0 Å². The maximum atomic E-state index is 12.2. The Morgan fingerprint density at radius 2 is 2.31 bits per heavy atom. The van der Waals surface area contributed by atoms with Crippen LogP contribution in [0.4, 0.5) is 3.89 Å². The average molecular weight is 266 g/mol. The number of rotatable bonds is 5. The third-order valence-corrected chi connectivity index (χ3v) is 2.89. The molecule has 16 heavy (non-hydrogen) atoms. The molecule has 0 aromatic carbocycles. The summed E-state index contributed by atoms with van der Waals surface area (Å²) in [5, 5.41) is 1.48. The number of nitrogens with zero attached hydrogens (tertiary/aromatic N) is 1. The Hall–Kier alpha value is -0.760. The largest absolute Gasteiger partial charge is 0.347 e.